The molecule has 2 atom stereocenters. The first-order valence-corrected chi connectivity index (χ1v) is 12.5. The van der Waals surface area contributed by atoms with Crippen molar-refractivity contribution < 1.29 is 14.3 Å². The summed E-state index contributed by atoms with van der Waals surface area (Å²) in [5, 5.41) is 13.4. The average Bonchev–Trinajstić information content (AvgIpc) is 2.79. The van der Waals surface area contributed by atoms with Gasteiger partial charge in [-0.25, -0.2) is 0 Å². The van der Waals surface area contributed by atoms with Crippen LogP contribution in [0.2, 0.25) is 0 Å². The molecule has 4 heteroatoms. The van der Waals surface area contributed by atoms with Crippen LogP contribution in [0.4, 0.5) is 0 Å². The molecule has 3 aromatic rings. The van der Waals surface area contributed by atoms with Crippen molar-refractivity contribution in [2.75, 3.05) is 0 Å². The van der Waals surface area contributed by atoms with Gasteiger partial charge in [0.2, 0.25) is 0 Å². The third-order valence-corrected chi connectivity index (χ3v) is 9.62. The van der Waals surface area contributed by atoms with Crippen molar-refractivity contribution in [3.63, 3.8) is 0 Å². The van der Waals surface area contributed by atoms with Crippen LogP contribution in [0, 0.1) is 0 Å². The van der Waals surface area contributed by atoms with Crippen molar-refractivity contribution in [3.05, 3.63) is 103 Å². The van der Waals surface area contributed by atoms with Crippen molar-refractivity contribution in [2.45, 2.75) is 38.9 Å². The Morgan fingerprint density at radius 3 is 1.58 bits per heavy atom. The van der Waals surface area contributed by atoms with Crippen LogP contribution in [-0.4, -0.2) is 31.4 Å². The first kappa shape index (κ1) is 22.9. The quantitative estimate of drug-likeness (QED) is 0.305. The number of hydrogen-bond acceptors (Lipinski definition) is 3. The highest BCUT2D eigenvalue weighted by atomic mass is 28.4. The molecule has 0 amide bonds. The summed E-state index contributed by atoms with van der Waals surface area (Å²) in [5.74, 6) is -0.0277. The van der Waals surface area contributed by atoms with Gasteiger partial charge < -0.3 is 9.53 Å². The second-order valence-corrected chi connectivity index (χ2v) is 11.3. The second kappa shape index (κ2) is 10.5. The zero-order valence-corrected chi connectivity index (χ0v) is 19.2. The maximum absolute atomic E-state index is 12.6. The number of aliphatic hydroxyl groups is 1. The number of ketones is 1. The van der Waals surface area contributed by atoms with E-state index in [1.54, 1.807) is 6.92 Å². The van der Waals surface area contributed by atoms with Gasteiger partial charge in [-0.1, -0.05) is 103 Å². The molecule has 0 saturated carbocycles. The van der Waals surface area contributed by atoms with Crippen LogP contribution in [-0.2, 0) is 9.22 Å². The Labute approximate surface area is 186 Å². The Kier molecular flexibility index (Phi) is 7.74. The van der Waals surface area contributed by atoms with Gasteiger partial charge in [0, 0.05) is 12.8 Å². The van der Waals surface area contributed by atoms with E-state index in [0.29, 0.717) is 5.57 Å². The number of benzene rings is 3. The van der Waals surface area contributed by atoms with Crippen LogP contribution in [0.5, 0.6) is 0 Å². The van der Waals surface area contributed by atoms with E-state index in [1.807, 2.05) is 61.5 Å². The maximum Gasteiger partial charge on any atom is 0.288 e. The molecule has 3 nitrogen and oxygen atoms in total. The van der Waals surface area contributed by atoms with Crippen LogP contribution in [0.1, 0.15) is 26.7 Å². The average molecular weight is 431 g/mol. The van der Waals surface area contributed by atoms with Gasteiger partial charge in [0.15, 0.2) is 0 Å². The van der Waals surface area contributed by atoms with Crippen LogP contribution in [0.15, 0.2) is 103 Å². The van der Waals surface area contributed by atoms with Gasteiger partial charge in [-0.3, -0.25) is 4.79 Å². The summed E-state index contributed by atoms with van der Waals surface area (Å²) in [6.45, 7) is 7.42. The summed E-state index contributed by atoms with van der Waals surface area (Å²) in [6, 6.07) is 30.9. The Bertz CT molecular complexity index is 890. The fourth-order valence-corrected chi connectivity index (χ4v) is 7.94. The predicted octanol–water partition coefficient (Wildman–Crippen LogP) is 3.34. The molecule has 0 aliphatic heterocycles. The molecule has 0 saturated heterocycles. The van der Waals surface area contributed by atoms with Gasteiger partial charge in [-0.15, -0.1) is 0 Å². The lowest BCUT2D eigenvalue weighted by Gasteiger charge is -2.35. The summed E-state index contributed by atoms with van der Waals surface area (Å²) in [6.07, 6.45) is -0.804. The molecule has 0 aromatic heterocycles. The van der Waals surface area contributed by atoms with Gasteiger partial charge in [0.1, 0.15) is 5.78 Å². The van der Waals surface area contributed by atoms with E-state index in [4.69, 9.17) is 4.43 Å². The summed E-state index contributed by atoms with van der Waals surface area (Å²) < 4.78 is 6.92. The van der Waals surface area contributed by atoms with E-state index in [0.717, 1.165) is 15.6 Å². The molecule has 31 heavy (non-hydrogen) atoms. The third-order valence-electron chi connectivity index (χ3n) is 5.42. The molecule has 0 heterocycles. The van der Waals surface area contributed by atoms with E-state index in [2.05, 4.69) is 43.0 Å². The second-order valence-electron chi connectivity index (χ2n) is 8.02. The number of carbonyl (C=O) groups is 1. The largest absolute Gasteiger partial charge is 0.401 e. The highest BCUT2D eigenvalue weighted by Crippen LogP contribution is 2.16. The van der Waals surface area contributed by atoms with E-state index in [1.165, 1.54) is 0 Å². The number of rotatable bonds is 10. The maximum atomic E-state index is 12.6. The van der Waals surface area contributed by atoms with Gasteiger partial charge in [0.25, 0.3) is 8.32 Å². The molecule has 1 N–H and O–H groups in total. The predicted molar refractivity (Wildman–Crippen MR) is 130 cm³/mol. The highest BCUT2D eigenvalue weighted by molar-refractivity contribution is 7.07. The van der Waals surface area contributed by atoms with Gasteiger partial charge in [-0.2, -0.15) is 0 Å². The van der Waals surface area contributed by atoms with Gasteiger partial charge in [-0.05, 0) is 29.4 Å². The van der Waals surface area contributed by atoms with Crippen LogP contribution in [0.3, 0.4) is 0 Å². The minimum absolute atomic E-state index is 0.0277. The SMILES string of the molecule is C=C(C)[C@H](O)CC(=O)C[C@@H](C)O[Si](c1ccccc1)(c1ccccc1)c1ccccc1. The molecule has 0 fully saturated rings. The summed E-state index contributed by atoms with van der Waals surface area (Å²) in [4.78, 5) is 12.6. The van der Waals surface area contributed by atoms with Gasteiger partial charge >= 0.3 is 0 Å². The van der Waals surface area contributed by atoms with Crippen LogP contribution < -0.4 is 15.6 Å². The molecule has 0 unspecified atom stereocenters. The first-order valence-electron chi connectivity index (χ1n) is 10.6. The highest BCUT2D eigenvalue weighted by Gasteiger charge is 2.43. The molecule has 3 aromatic carbocycles. The Morgan fingerprint density at radius 2 is 1.23 bits per heavy atom. The van der Waals surface area contributed by atoms with Crippen molar-refractivity contribution in [1.29, 1.82) is 0 Å². The fourth-order valence-electron chi connectivity index (χ4n) is 3.86. The normalized spacial score (nSPS) is 13.4. The fraction of sp³-hybridized carbons (Fsp3) is 0.222. The smallest absolute Gasteiger partial charge is 0.288 e. The standard InChI is InChI=1S/C27H30O3Si/c1-21(2)27(29)20-23(28)19-22(3)30-31(24-13-7-4-8-14-24,25-15-9-5-10-16-25)26-17-11-6-12-18-26/h4-18,22,27,29H,1,19-20H2,2-3H3/t22-,27-/m1/s1. The molecule has 0 bridgehead atoms. The van der Waals surface area contributed by atoms with E-state index < -0.39 is 14.4 Å². The van der Waals surface area contributed by atoms with E-state index in [9.17, 15) is 9.90 Å². The number of hydrogen-bond donors (Lipinski definition) is 1. The lowest BCUT2D eigenvalue weighted by Crippen LogP contribution is -2.70. The third kappa shape index (κ3) is 5.47. The number of Topliss-reactive ketones (excluding diaryl/α,β-unsaturated/α-hetero) is 1. The summed E-state index contributed by atoms with van der Waals surface area (Å²) in [5.41, 5.74) is 0.600. The minimum Gasteiger partial charge on any atom is -0.401 e. The first-order chi connectivity index (χ1) is 14.9. The molecule has 0 aliphatic carbocycles. The molecule has 0 spiro atoms. The molecular formula is C27H30O3Si. The lowest BCUT2D eigenvalue weighted by molar-refractivity contribution is -0.121. The van der Waals surface area contributed by atoms with Crippen molar-refractivity contribution in [3.8, 4) is 0 Å². The Hall–Kier alpha value is -2.79. The molecule has 0 aliphatic rings. The molecule has 3 rings (SSSR count). The Balaban J connectivity index is 2.02. The van der Waals surface area contributed by atoms with Crippen molar-refractivity contribution >= 4 is 29.7 Å². The Morgan fingerprint density at radius 1 is 0.839 bits per heavy atom. The topological polar surface area (TPSA) is 46.5 Å². The molecule has 0 radical (unpaired) electrons. The zero-order chi connectivity index (χ0) is 22.3. The van der Waals surface area contributed by atoms with Crippen LogP contribution in [0.25, 0.3) is 0 Å². The molecule has 160 valence electrons. The zero-order valence-electron chi connectivity index (χ0n) is 18.2. The van der Waals surface area contributed by atoms with Gasteiger partial charge in [0.05, 0.1) is 12.2 Å². The summed E-state index contributed by atoms with van der Waals surface area (Å²) >= 11 is 0. The molecular weight excluding hydrogens is 400 g/mol. The lowest BCUT2D eigenvalue weighted by atomic mass is 10.0. The van der Waals surface area contributed by atoms with E-state index >= 15 is 0 Å². The van der Waals surface area contributed by atoms with E-state index in [-0.39, 0.29) is 24.7 Å². The van der Waals surface area contributed by atoms with Crippen LogP contribution >= 0.6 is 0 Å². The minimum atomic E-state index is -2.85. The number of carbonyl (C=O) groups excluding carboxylic acids is 1. The van der Waals surface area contributed by atoms with Crippen molar-refractivity contribution in [2.24, 2.45) is 0 Å². The summed E-state index contributed by atoms with van der Waals surface area (Å²) in [7, 11) is -2.85. The monoisotopic (exact) mass is 430 g/mol. The van der Waals surface area contributed by atoms with Crippen molar-refractivity contribution in [1.82, 2.24) is 0 Å². The number of aliphatic hydroxyl groups excluding tert-OH is 1.